The third-order valence-electron chi connectivity index (χ3n) is 6.79. The average molecular weight is 509 g/mol. The lowest BCUT2D eigenvalue weighted by Crippen LogP contribution is -2.36. The molecule has 1 aliphatic heterocycles. The quantitative estimate of drug-likeness (QED) is 0.473. The first-order valence-corrected chi connectivity index (χ1v) is 14.2. The standard InChI is InChI=1S/C28H36N4O3S/c1-3-23-11-8-12-24(4-2)28(23)29-27(33)22-31-17-10-16-30(19-20-31)21-25-13-9-18-32(25)36(34,35)26-14-6-5-7-15-26/h5-9,11-15,18H,3-4,10,16-17,19-22H2,1-2H3,(H,29,33). The fourth-order valence-electron chi connectivity index (χ4n) is 4.82. The highest BCUT2D eigenvalue weighted by molar-refractivity contribution is 7.90. The van der Waals surface area contributed by atoms with Crippen molar-refractivity contribution in [2.75, 3.05) is 38.0 Å². The van der Waals surface area contributed by atoms with Crippen LogP contribution in [0.4, 0.5) is 5.69 Å². The summed E-state index contributed by atoms with van der Waals surface area (Å²) < 4.78 is 27.6. The van der Waals surface area contributed by atoms with Gasteiger partial charge in [0.25, 0.3) is 10.0 Å². The molecule has 1 N–H and O–H groups in total. The SMILES string of the molecule is CCc1cccc(CC)c1NC(=O)CN1CCCN(Cc2cccn2S(=O)(=O)c2ccccc2)CC1. The summed E-state index contributed by atoms with van der Waals surface area (Å²) in [6.45, 7) is 8.34. The lowest BCUT2D eigenvalue weighted by molar-refractivity contribution is -0.117. The molecule has 36 heavy (non-hydrogen) atoms. The maximum Gasteiger partial charge on any atom is 0.267 e. The van der Waals surface area contributed by atoms with Crippen LogP contribution in [0, 0.1) is 0 Å². The van der Waals surface area contributed by atoms with Gasteiger partial charge in [-0.1, -0.05) is 50.2 Å². The van der Waals surface area contributed by atoms with Crippen LogP contribution >= 0.6 is 0 Å². The number of nitrogens with one attached hydrogen (secondary N) is 1. The zero-order valence-electron chi connectivity index (χ0n) is 21.2. The first kappa shape index (κ1) is 26.1. The minimum absolute atomic E-state index is 0.0156. The minimum Gasteiger partial charge on any atom is -0.324 e. The summed E-state index contributed by atoms with van der Waals surface area (Å²) in [6, 6.07) is 18.4. The molecule has 3 aromatic rings. The average Bonchev–Trinajstić information content (AvgIpc) is 3.25. The van der Waals surface area contributed by atoms with Gasteiger partial charge in [-0.15, -0.1) is 0 Å². The number of para-hydroxylation sites is 1. The molecule has 7 nitrogen and oxygen atoms in total. The second kappa shape index (κ2) is 11.9. The highest BCUT2D eigenvalue weighted by Crippen LogP contribution is 2.23. The lowest BCUT2D eigenvalue weighted by Gasteiger charge is -2.22. The van der Waals surface area contributed by atoms with Crippen molar-refractivity contribution in [1.29, 1.82) is 0 Å². The molecule has 0 spiro atoms. The maximum absolute atomic E-state index is 13.1. The van der Waals surface area contributed by atoms with Gasteiger partial charge in [0, 0.05) is 37.2 Å². The number of nitrogens with zero attached hydrogens (tertiary/aromatic N) is 3. The molecule has 1 saturated heterocycles. The summed E-state index contributed by atoms with van der Waals surface area (Å²) in [7, 11) is -3.63. The molecule has 1 fully saturated rings. The summed E-state index contributed by atoms with van der Waals surface area (Å²) in [5, 5.41) is 3.17. The van der Waals surface area contributed by atoms with Crippen molar-refractivity contribution in [2.45, 2.75) is 44.6 Å². The molecule has 0 unspecified atom stereocenters. The molecule has 4 rings (SSSR count). The second-order valence-corrected chi connectivity index (χ2v) is 11.0. The summed E-state index contributed by atoms with van der Waals surface area (Å²) in [5.74, 6) is 0.0156. The number of amides is 1. The van der Waals surface area contributed by atoms with E-state index in [0.717, 1.165) is 67.9 Å². The monoisotopic (exact) mass is 508 g/mol. The van der Waals surface area contributed by atoms with Gasteiger partial charge in [0.2, 0.25) is 5.91 Å². The lowest BCUT2D eigenvalue weighted by atomic mass is 10.0. The summed E-state index contributed by atoms with van der Waals surface area (Å²) >= 11 is 0. The number of benzene rings is 2. The van der Waals surface area contributed by atoms with E-state index >= 15 is 0 Å². The normalized spacial score (nSPS) is 15.5. The van der Waals surface area contributed by atoms with Gasteiger partial charge in [-0.05, 0) is 67.7 Å². The molecular weight excluding hydrogens is 472 g/mol. The van der Waals surface area contributed by atoms with E-state index < -0.39 is 10.0 Å². The van der Waals surface area contributed by atoms with Crippen LogP contribution in [0.3, 0.4) is 0 Å². The van der Waals surface area contributed by atoms with Crippen molar-refractivity contribution < 1.29 is 13.2 Å². The number of hydrogen-bond acceptors (Lipinski definition) is 5. The van der Waals surface area contributed by atoms with E-state index in [0.29, 0.717) is 13.1 Å². The van der Waals surface area contributed by atoms with E-state index in [-0.39, 0.29) is 10.8 Å². The summed E-state index contributed by atoms with van der Waals surface area (Å²) in [4.78, 5) is 17.7. The number of anilines is 1. The van der Waals surface area contributed by atoms with Crippen LogP contribution in [-0.2, 0) is 34.2 Å². The maximum atomic E-state index is 13.1. The fourth-order valence-corrected chi connectivity index (χ4v) is 6.21. The van der Waals surface area contributed by atoms with Gasteiger partial charge in [0.05, 0.1) is 11.4 Å². The first-order valence-electron chi connectivity index (χ1n) is 12.7. The largest absolute Gasteiger partial charge is 0.324 e. The van der Waals surface area contributed by atoms with E-state index in [1.165, 1.54) is 3.97 Å². The van der Waals surface area contributed by atoms with Crippen LogP contribution in [0.1, 0.15) is 37.1 Å². The Morgan fingerprint density at radius 3 is 2.19 bits per heavy atom. The van der Waals surface area contributed by atoms with Crippen LogP contribution < -0.4 is 5.32 Å². The molecule has 192 valence electrons. The number of aryl methyl sites for hydroxylation is 2. The summed E-state index contributed by atoms with van der Waals surface area (Å²) in [6.07, 6.45) is 4.30. The van der Waals surface area contributed by atoms with E-state index in [4.69, 9.17) is 0 Å². The second-order valence-electron chi connectivity index (χ2n) is 9.23. The van der Waals surface area contributed by atoms with Crippen molar-refractivity contribution >= 4 is 21.6 Å². The van der Waals surface area contributed by atoms with Crippen LogP contribution in [0.2, 0.25) is 0 Å². The zero-order chi connectivity index (χ0) is 25.5. The Kier molecular flexibility index (Phi) is 8.61. The van der Waals surface area contributed by atoms with Crippen molar-refractivity contribution in [1.82, 2.24) is 13.8 Å². The highest BCUT2D eigenvalue weighted by atomic mass is 32.2. The molecule has 0 bridgehead atoms. The van der Waals surface area contributed by atoms with Crippen LogP contribution in [0.25, 0.3) is 0 Å². The number of carbonyl (C=O) groups is 1. The van der Waals surface area contributed by atoms with Gasteiger partial charge < -0.3 is 5.32 Å². The van der Waals surface area contributed by atoms with Crippen LogP contribution in [0.5, 0.6) is 0 Å². The van der Waals surface area contributed by atoms with Crippen molar-refractivity contribution in [3.05, 3.63) is 83.7 Å². The Morgan fingerprint density at radius 2 is 1.50 bits per heavy atom. The third kappa shape index (κ3) is 6.06. The molecule has 2 heterocycles. The van der Waals surface area contributed by atoms with E-state index in [1.807, 2.05) is 12.1 Å². The highest BCUT2D eigenvalue weighted by Gasteiger charge is 2.22. The number of carbonyl (C=O) groups excluding carboxylic acids is 1. The smallest absolute Gasteiger partial charge is 0.267 e. The van der Waals surface area contributed by atoms with Gasteiger partial charge in [-0.25, -0.2) is 12.4 Å². The molecule has 2 aromatic carbocycles. The molecular formula is C28H36N4O3S. The van der Waals surface area contributed by atoms with Crippen molar-refractivity contribution in [3.63, 3.8) is 0 Å². The Hall–Kier alpha value is -2.94. The molecule has 8 heteroatoms. The molecule has 0 aliphatic carbocycles. The van der Waals surface area contributed by atoms with E-state index in [2.05, 4.69) is 47.2 Å². The number of rotatable bonds is 9. The van der Waals surface area contributed by atoms with Gasteiger partial charge >= 0.3 is 0 Å². The molecule has 1 amide bonds. The minimum atomic E-state index is -3.63. The Balaban J connectivity index is 1.36. The fraction of sp³-hybridized carbons (Fsp3) is 0.393. The molecule has 1 aromatic heterocycles. The van der Waals surface area contributed by atoms with Gasteiger partial charge in [0.1, 0.15) is 0 Å². The predicted octanol–water partition coefficient (Wildman–Crippen LogP) is 4.00. The Morgan fingerprint density at radius 1 is 0.833 bits per heavy atom. The van der Waals surface area contributed by atoms with Crippen LogP contribution in [0.15, 0.2) is 71.8 Å². The van der Waals surface area contributed by atoms with Crippen molar-refractivity contribution in [3.8, 4) is 0 Å². The Bertz CT molecular complexity index is 1250. The topological polar surface area (TPSA) is 74.7 Å². The van der Waals surface area contributed by atoms with Gasteiger partial charge in [0.15, 0.2) is 0 Å². The van der Waals surface area contributed by atoms with Crippen LogP contribution in [-0.4, -0.2) is 60.8 Å². The Labute approximate surface area is 214 Å². The number of aromatic nitrogens is 1. The molecule has 0 atom stereocenters. The first-order chi connectivity index (χ1) is 17.4. The van der Waals surface area contributed by atoms with Gasteiger partial charge in [-0.3, -0.25) is 14.6 Å². The molecule has 0 radical (unpaired) electrons. The molecule has 0 saturated carbocycles. The van der Waals surface area contributed by atoms with E-state index in [9.17, 15) is 13.2 Å². The predicted molar refractivity (Wildman–Crippen MR) is 144 cm³/mol. The number of hydrogen-bond donors (Lipinski definition) is 1. The molecule has 1 aliphatic rings. The summed E-state index contributed by atoms with van der Waals surface area (Å²) in [5.41, 5.74) is 4.04. The van der Waals surface area contributed by atoms with Crippen molar-refractivity contribution in [2.24, 2.45) is 0 Å². The van der Waals surface area contributed by atoms with Gasteiger partial charge in [-0.2, -0.15) is 0 Å². The van der Waals surface area contributed by atoms with E-state index in [1.54, 1.807) is 36.5 Å². The zero-order valence-corrected chi connectivity index (χ0v) is 22.0. The third-order valence-corrected chi connectivity index (χ3v) is 8.53.